The van der Waals surface area contributed by atoms with Crippen LogP contribution in [0.2, 0.25) is 0 Å². The van der Waals surface area contributed by atoms with Gasteiger partial charge in [0.15, 0.2) is 0 Å². The third-order valence-corrected chi connectivity index (χ3v) is 7.15. The summed E-state index contributed by atoms with van der Waals surface area (Å²) in [6, 6.07) is 15.3. The van der Waals surface area contributed by atoms with Gasteiger partial charge in [0.1, 0.15) is 17.9 Å². The minimum atomic E-state index is -3.19. The first-order valence-electron chi connectivity index (χ1n) is 11.0. The summed E-state index contributed by atoms with van der Waals surface area (Å²) in [7, 11) is 0. The maximum atomic E-state index is 15.1. The highest BCUT2D eigenvalue weighted by molar-refractivity contribution is 7.89. The summed E-state index contributed by atoms with van der Waals surface area (Å²) in [5.41, 5.74) is 2.85. The van der Waals surface area contributed by atoms with Gasteiger partial charge in [-0.05, 0) is 42.9 Å². The zero-order chi connectivity index (χ0) is 22.7. The Labute approximate surface area is 190 Å². The summed E-state index contributed by atoms with van der Waals surface area (Å²) < 4.78 is 50.4. The minimum absolute atomic E-state index is 0.211. The van der Waals surface area contributed by atoms with E-state index in [0.717, 1.165) is 23.1 Å². The summed E-state index contributed by atoms with van der Waals surface area (Å²) in [5, 5.41) is 0. The number of hydrogen-bond donors (Lipinski definition) is 1. The molecule has 172 valence electrons. The molecule has 2 aliphatic rings. The number of nitrogens with zero attached hydrogens (tertiary/aromatic N) is 1. The molecular weight excluding hydrogens is 434 g/mol. The summed E-state index contributed by atoms with van der Waals surface area (Å²) in [4.78, 5) is 14.3. The van der Waals surface area contributed by atoms with Crippen LogP contribution in [0.3, 0.4) is 0 Å². The van der Waals surface area contributed by atoms with E-state index in [4.69, 9.17) is 4.74 Å². The molecule has 1 N–H and O–H groups in total. The van der Waals surface area contributed by atoms with Crippen LogP contribution >= 0.6 is 0 Å². The zero-order valence-electron chi connectivity index (χ0n) is 18.0. The van der Waals surface area contributed by atoms with E-state index in [1.807, 2.05) is 54.6 Å². The van der Waals surface area contributed by atoms with E-state index in [-0.39, 0.29) is 12.2 Å². The smallest absolute Gasteiger partial charge is 0.286 e. The summed E-state index contributed by atoms with van der Waals surface area (Å²) in [6.07, 6.45) is 0.828. The number of likely N-dealkylation sites (tertiary alicyclic amines) is 1. The second-order valence-electron chi connectivity index (χ2n) is 8.30. The van der Waals surface area contributed by atoms with Gasteiger partial charge in [-0.2, -0.15) is 0 Å². The first kappa shape index (κ1) is 23.2. The van der Waals surface area contributed by atoms with Gasteiger partial charge in [0.2, 0.25) is 0 Å². The lowest BCUT2D eigenvalue weighted by molar-refractivity contribution is -0.143. The number of amides is 1. The quantitative estimate of drug-likeness (QED) is 0.639. The van der Waals surface area contributed by atoms with E-state index in [9.17, 15) is 9.35 Å². The Morgan fingerprint density at radius 3 is 2.66 bits per heavy atom. The molecule has 4 atom stereocenters. The SMILES string of the molecule is CC[S+]([O-])N[C@@H]1[C@H](Cc2cccc(-c3ccccc3)c2)N(C(=O)[C@H]2CCCO2)CC1(F)F. The molecule has 1 amide bonds. The van der Waals surface area contributed by atoms with Crippen molar-refractivity contribution < 1.29 is 22.9 Å². The Kier molecular flexibility index (Phi) is 7.14. The molecule has 0 radical (unpaired) electrons. The molecule has 2 saturated heterocycles. The van der Waals surface area contributed by atoms with Crippen molar-refractivity contribution in [2.24, 2.45) is 0 Å². The van der Waals surface area contributed by atoms with Gasteiger partial charge >= 0.3 is 0 Å². The van der Waals surface area contributed by atoms with Crippen molar-refractivity contribution in [3.8, 4) is 11.1 Å². The molecule has 8 heteroatoms. The largest absolute Gasteiger partial charge is 0.598 e. The van der Waals surface area contributed by atoms with Gasteiger partial charge < -0.3 is 14.2 Å². The Bertz CT molecular complexity index is 924. The highest BCUT2D eigenvalue weighted by Crippen LogP contribution is 2.36. The third kappa shape index (κ3) is 4.98. The topological polar surface area (TPSA) is 64.6 Å². The van der Waals surface area contributed by atoms with Crippen molar-refractivity contribution in [1.82, 2.24) is 9.62 Å². The Balaban J connectivity index is 1.63. The van der Waals surface area contributed by atoms with Crippen LogP contribution in [0.5, 0.6) is 0 Å². The van der Waals surface area contributed by atoms with Crippen molar-refractivity contribution in [2.45, 2.75) is 50.3 Å². The van der Waals surface area contributed by atoms with Gasteiger partial charge in [0.25, 0.3) is 11.8 Å². The summed E-state index contributed by atoms with van der Waals surface area (Å²) in [5.74, 6) is -3.39. The highest BCUT2D eigenvalue weighted by Gasteiger charge is 2.58. The first-order chi connectivity index (χ1) is 15.4. The Hall–Kier alpha value is -2.00. The standard InChI is InChI=1S/C24H28F2N2O3S/c1-2-32(30)27-22-20(28(16-24(22,25)26)23(29)21-12-7-13-31-21)15-17-8-6-11-19(14-17)18-9-4-3-5-10-18/h3-6,8-11,14,20-22,27H,2,7,12-13,15-16H2,1H3/t20-,21+,22+,32?/m0/s1. The van der Waals surface area contributed by atoms with E-state index in [0.29, 0.717) is 13.0 Å². The number of hydrogen-bond acceptors (Lipinski definition) is 4. The van der Waals surface area contributed by atoms with Gasteiger partial charge in [-0.3, -0.25) is 4.79 Å². The molecule has 2 aromatic rings. The van der Waals surface area contributed by atoms with Gasteiger partial charge in [0.05, 0.1) is 12.6 Å². The molecule has 0 aliphatic carbocycles. The van der Waals surface area contributed by atoms with Crippen LogP contribution in [0.1, 0.15) is 25.3 Å². The summed E-state index contributed by atoms with van der Waals surface area (Å²) >= 11 is -1.61. The normalized spacial score (nSPS) is 25.8. The third-order valence-electron chi connectivity index (χ3n) is 6.11. The molecule has 2 aromatic carbocycles. The van der Waals surface area contributed by atoms with E-state index in [1.54, 1.807) is 6.92 Å². The van der Waals surface area contributed by atoms with Crippen LogP contribution in [0, 0.1) is 0 Å². The molecule has 2 aliphatic heterocycles. The van der Waals surface area contributed by atoms with E-state index >= 15 is 8.78 Å². The molecule has 4 rings (SSSR count). The maximum absolute atomic E-state index is 15.1. The molecule has 2 fully saturated rings. The number of carbonyl (C=O) groups is 1. The van der Waals surface area contributed by atoms with Crippen molar-refractivity contribution >= 4 is 17.3 Å². The fourth-order valence-corrected chi connectivity index (χ4v) is 5.25. The van der Waals surface area contributed by atoms with Crippen LogP contribution in [-0.4, -0.2) is 58.4 Å². The lowest BCUT2D eigenvalue weighted by Crippen LogP contribution is -2.53. The van der Waals surface area contributed by atoms with Gasteiger partial charge in [-0.15, -0.1) is 4.72 Å². The lowest BCUT2D eigenvalue weighted by Gasteiger charge is -2.29. The molecule has 0 spiro atoms. The molecule has 0 bridgehead atoms. The molecule has 0 saturated carbocycles. The molecule has 1 unspecified atom stereocenters. The number of benzene rings is 2. The van der Waals surface area contributed by atoms with Crippen molar-refractivity contribution in [2.75, 3.05) is 18.9 Å². The highest BCUT2D eigenvalue weighted by atomic mass is 32.2. The lowest BCUT2D eigenvalue weighted by atomic mass is 9.96. The first-order valence-corrected chi connectivity index (χ1v) is 12.3. The number of ether oxygens (including phenoxy) is 1. The molecule has 0 aromatic heterocycles. The Morgan fingerprint density at radius 1 is 1.22 bits per heavy atom. The van der Waals surface area contributed by atoms with Crippen LogP contribution in [0.25, 0.3) is 11.1 Å². The second-order valence-corrected chi connectivity index (χ2v) is 9.80. The fourth-order valence-electron chi connectivity index (χ4n) is 4.47. The van der Waals surface area contributed by atoms with Gasteiger partial charge in [0, 0.05) is 18.0 Å². The molecular formula is C24H28F2N2O3S. The number of nitrogens with one attached hydrogen (secondary N) is 1. The fraction of sp³-hybridized carbons (Fsp3) is 0.458. The van der Waals surface area contributed by atoms with E-state index in [1.165, 1.54) is 4.90 Å². The average molecular weight is 463 g/mol. The van der Waals surface area contributed by atoms with Crippen LogP contribution < -0.4 is 4.72 Å². The van der Waals surface area contributed by atoms with Crippen LogP contribution in [-0.2, 0) is 27.3 Å². The Morgan fingerprint density at radius 2 is 1.97 bits per heavy atom. The van der Waals surface area contributed by atoms with Gasteiger partial charge in [-0.1, -0.05) is 54.6 Å². The van der Waals surface area contributed by atoms with Crippen molar-refractivity contribution in [3.63, 3.8) is 0 Å². The minimum Gasteiger partial charge on any atom is -0.598 e. The number of alkyl halides is 2. The molecule has 5 nitrogen and oxygen atoms in total. The second kappa shape index (κ2) is 9.87. The van der Waals surface area contributed by atoms with Crippen molar-refractivity contribution in [3.05, 3.63) is 60.2 Å². The summed E-state index contributed by atoms with van der Waals surface area (Å²) in [6.45, 7) is 1.43. The van der Waals surface area contributed by atoms with Crippen LogP contribution in [0.4, 0.5) is 8.78 Å². The maximum Gasteiger partial charge on any atom is 0.286 e. The molecule has 32 heavy (non-hydrogen) atoms. The van der Waals surface area contributed by atoms with Gasteiger partial charge in [-0.25, -0.2) is 8.78 Å². The van der Waals surface area contributed by atoms with E-state index < -0.39 is 47.9 Å². The molecule has 2 heterocycles. The zero-order valence-corrected chi connectivity index (χ0v) is 18.8. The predicted molar refractivity (Wildman–Crippen MR) is 121 cm³/mol. The monoisotopic (exact) mass is 462 g/mol. The average Bonchev–Trinajstić information content (AvgIpc) is 3.42. The van der Waals surface area contributed by atoms with Crippen LogP contribution in [0.15, 0.2) is 54.6 Å². The van der Waals surface area contributed by atoms with Crippen molar-refractivity contribution in [1.29, 1.82) is 0 Å². The predicted octanol–water partition coefficient (Wildman–Crippen LogP) is 3.56. The number of carbonyl (C=O) groups excluding carboxylic acids is 1. The van der Waals surface area contributed by atoms with E-state index in [2.05, 4.69) is 4.72 Å². The number of halogens is 2. The number of rotatable bonds is 7.